The van der Waals surface area contributed by atoms with Gasteiger partial charge in [0.05, 0.1) is 15.6 Å². The average Bonchev–Trinajstić information content (AvgIpc) is 2.58. The zero-order valence-electron chi connectivity index (χ0n) is 9.13. The van der Waals surface area contributed by atoms with E-state index < -0.39 is 0 Å². The van der Waals surface area contributed by atoms with Gasteiger partial charge in [0.15, 0.2) is 0 Å². The lowest BCUT2D eigenvalue weighted by Gasteiger charge is -2.01. The first-order valence-electron chi connectivity index (χ1n) is 5.27. The largest absolute Gasteiger partial charge is 0.349 e. The van der Waals surface area contributed by atoms with Crippen molar-refractivity contribution in [2.75, 3.05) is 6.54 Å². The molecule has 1 heterocycles. The van der Waals surface area contributed by atoms with E-state index in [-0.39, 0.29) is 0 Å². The third-order valence-corrected chi connectivity index (χ3v) is 3.56. The molecule has 2 nitrogen and oxygen atoms in total. The molecule has 0 spiro atoms. The van der Waals surface area contributed by atoms with E-state index in [2.05, 4.69) is 6.20 Å². The molecule has 0 aliphatic rings. The summed E-state index contributed by atoms with van der Waals surface area (Å²) < 4.78 is 2.02. The van der Waals surface area contributed by atoms with E-state index in [0.717, 1.165) is 18.4 Å². The van der Waals surface area contributed by atoms with E-state index in [9.17, 15) is 0 Å². The molecular formula is C12H14Cl2N2. The van der Waals surface area contributed by atoms with Crippen molar-refractivity contribution in [1.82, 2.24) is 4.57 Å². The van der Waals surface area contributed by atoms with Crippen molar-refractivity contribution in [3.8, 4) is 0 Å². The van der Waals surface area contributed by atoms with Crippen LogP contribution in [0.5, 0.6) is 0 Å². The van der Waals surface area contributed by atoms with Gasteiger partial charge in [0.1, 0.15) is 0 Å². The SMILES string of the molecule is Cn1cc(CCCN)c2ccc(Cl)c(Cl)c21. The van der Waals surface area contributed by atoms with Crippen LogP contribution in [-0.2, 0) is 13.5 Å². The third kappa shape index (κ3) is 1.93. The number of fused-ring (bicyclic) bond motifs is 1. The average molecular weight is 257 g/mol. The molecule has 2 N–H and O–H groups in total. The molecule has 0 radical (unpaired) electrons. The molecule has 1 aromatic carbocycles. The van der Waals surface area contributed by atoms with Crippen LogP contribution in [0.1, 0.15) is 12.0 Å². The Morgan fingerprint density at radius 2 is 2.06 bits per heavy atom. The Kier molecular flexibility index (Phi) is 3.43. The zero-order chi connectivity index (χ0) is 11.7. The van der Waals surface area contributed by atoms with Crippen molar-refractivity contribution in [2.45, 2.75) is 12.8 Å². The second kappa shape index (κ2) is 4.66. The number of aromatic nitrogens is 1. The molecule has 2 rings (SSSR count). The maximum atomic E-state index is 6.20. The van der Waals surface area contributed by atoms with Crippen molar-refractivity contribution in [1.29, 1.82) is 0 Å². The van der Waals surface area contributed by atoms with E-state index in [1.54, 1.807) is 0 Å². The molecule has 0 unspecified atom stereocenters. The number of hydrogen-bond acceptors (Lipinski definition) is 1. The first-order chi connectivity index (χ1) is 7.65. The maximum absolute atomic E-state index is 6.20. The Balaban J connectivity index is 2.58. The smallest absolute Gasteiger partial charge is 0.0835 e. The lowest BCUT2D eigenvalue weighted by molar-refractivity contribution is 0.830. The predicted molar refractivity (Wildman–Crippen MR) is 70.3 cm³/mol. The van der Waals surface area contributed by atoms with E-state index in [1.165, 1.54) is 10.9 Å². The Labute approximate surface area is 105 Å². The Bertz CT molecular complexity index is 517. The summed E-state index contributed by atoms with van der Waals surface area (Å²) in [5.74, 6) is 0. The lowest BCUT2D eigenvalue weighted by atomic mass is 10.1. The number of halogens is 2. The molecule has 0 atom stereocenters. The van der Waals surface area contributed by atoms with Crippen LogP contribution >= 0.6 is 23.2 Å². The Hall–Kier alpha value is -0.700. The van der Waals surface area contributed by atoms with Gasteiger partial charge in [0, 0.05) is 18.6 Å². The van der Waals surface area contributed by atoms with Gasteiger partial charge in [-0.25, -0.2) is 0 Å². The molecule has 2 aromatic rings. The van der Waals surface area contributed by atoms with Crippen LogP contribution in [0.4, 0.5) is 0 Å². The molecule has 0 amide bonds. The van der Waals surface area contributed by atoms with Crippen LogP contribution in [0.25, 0.3) is 10.9 Å². The van der Waals surface area contributed by atoms with Crippen molar-refractivity contribution in [3.05, 3.63) is 33.9 Å². The minimum absolute atomic E-state index is 0.598. The van der Waals surface area contributed by atoms with Crippen molar-refractivity contribution in [2.24, 2.45) is 12.8 Å². The van der Waals surface area contributed by atoms with Gasteiger partial charge >= 0.3 is 0 Å². The molecule has 0 bridgehead atoms. The quantitative estimate of drug-likeness (QED) is 0.897. The number of nitrogens with zero attached hydrogens (tertiary/aromatic N) is 1. The summed E-state index contributed by atoms with van der Waals surface area (Å²) in [7, 11) is 1.98. The van der Waals surface area contributed by atoms with Crippen LogP contribution < -0.4 is 5.73 Å². The molecular weight excluding hydrogens is 243 g/mol. The lowest BCUT2D eigenvalue weighted by Crippen LogP contribution is -1.99. The number of aryl methyl sites for hydroxylation is 2. The molecule has 4 heteroatoms. The number of rotatable bonds is 3. The maximum Gasteiger partial charge on any atom is 0.0835 e. The second-order valence-electron chi connectivity index (χ2n) is 3.92. The van der Waals surface area contributed by atoms with Crippen LogP contribution in [0.2, 0.25) is 10.0 Å². The first kappa shape index (κ1) is 11.8. The van der Waals surface area contributed by atoms with Crippen molar-refractivity contribution < 1.29 is 0 Å². The molecule has 0 aliphatic heterocycles. The fraction of sp³-hybridized carbons (Fsp3) is 0.333. The summed E-state index contributed by atoms with van der Waals surface area (Å²) in [6, 6.07) is 3.87. The van der Waals surface area contributed by atoms with Gasteiger partial charge in [0.25, 0.3) is 0 Å². The highest BCUT2D eigenvalue weighted by molar-refractivity contribution is 6.45. The van der Waals surface area contributed by atoms with Crippen molar-refractivity contribution >= 4 is 34.1 Å². The van der Waals surface area contributed by atoms with Gasteiger partial charge in [-0.1, -0.05) is 29.3 Å². The summed E-state index contributed by atoms with van der Waals surface area (Å²) in [5.41, 5.74) is 7.81. The summed E-state index contributed by atoms with van der Waals surface area (Å²) in [5, 5.41) is 2.40. The summed E-state index contributed by atoms with van der Waals surface area (Å²) in [6.07, 6.45) is 4.06. The molecule has 0 fully saturated rings. The first-order valence-corrected chi connectivity index (χ1v) is 6.02. The predicted octanol–water partition coefficient (Wildman–Crippen LogP) is 3.38. The summed E-state index contributed by atoms with van der Waals surface area (Å²) in [4.78, 5) is 0. The van der Waals surface area contributed by atoms with Gasteiger partial charge in [0.2, 0.25) is 0 Å². The Morgan fingerprint density at radius 1 is 1.31 bits per heavy atom. The topological polar surface area (TPSA) is 30.9 Å². The second-order valence-corrected chi connectivity index (χ2v) is 4.70. The van der Waals surface area contributed by atoms with Crippen LogP contribution in [0.15, 0.2) is 18.3 Å². The minimum Gasteiger partial charge on any atom is -0.349 e. The fourth-order valence-electron chi connectivity index (χ4n) is 2.00. The minimum atomic E-state index is 0.598. The van der Waals surface area contributed by atoms with E-state index in [0.29, 0.717) is 16.6 Å². The van der Waals surface area contributed by atoms with Crippen LogP contribution in [0.3, 0.4) is 0 Å². The van der Waals surface area contributed by atoms with E-state index >= 15 is 0 Å². The highest BCUT2D eigenvalue weighted by atomic mass is 35.5. The number of benzene rings is 1. The number of nitrogens with two attached hydrogens (primary N) is 1. The normalized spacial score (nSPS) is 11.2. The van der Waals surface area contributed by atoms with Gasteiger partial charge < -0.3 is 10.3 Å². The molecule has 0 saturated carbocycles. The summed E-state index contributed by atoms with van der Waals surface area (Å²) >= 11 is 12.2. The standard InChI is InChI=1S/C12H14Cl2N2/c1-16-7-8(3-2-6-15)9-4-5-10(13)11(14)12(9)16/h4-5,7H,2-3,6,15H2,1H3. The van der Waals surface area contributed by atoms with Gasteiger partial charge in [-0.3, -0.25) is 0 Å². The monoisotopic (exact) mass is 256 g/mol. The molecule has 0 saturated heterocycles. The Morgan fingerprint density at radius 3 is 2.75 bits per heavy atom. The highest BCUT2D eigenvalue weighted by Gasteiger charge is 2.11. The third-order valence-electron chi connectivity index (χ3n) is 2.77. The zero-order valence-corrected chi connectivity index (χ0v) is 10.6. The van der Waals surface area contributed by atoms with Gasteiger partial charge in [-0.2, -0.15) is 0 Å². The van der Waals surface area contributed by atoms with E-state index in [4.69, 9.17) is 28.9 Å². The van der Waals surface area contributed by atoms with Gasteiger partial charge in [-0.15, -0.1) is 0 Å². The van der Waals surface area contributed by atoms with Crippen molar-refractivity contribution in [3.63, 3.8) is 0 Å². The van der Waals surface area contributed by atoms with E-state index in [1.807, 2.05) is 23.7 Å². The highest BCUT2D eigenvalue weighted by Crippen LogP contribution is 2.33. The molecule has 0 aliphatic carbocycles. The molecule has 16 heavy (non-hydrogen) atoms. The number of hydrogen-bond donors (Lipinski definition) is 1. The summed E-state index contributed by atoms with van der Waals surface area (Å²) in [6.45, 7) is 0.706. The van der Waals surface area contributed by atoms with Gasteiger partial charge in [-0.05, 0) is 31.0 Å². The fourth-order valence-corrected chi connectivity index (χ4v) is 2.45. The molecule has 86 valence electrons. The van der Waals surface area contributed by atoms with Crippen LogP contribution in [0, 0.1) is 0 Å². The molecule has 1 aromatic heterocycles. The van der Waals surface area contributed by atoms with Crippen LogP contribution in [-0.4, -0.2) is 11.1 Å².